The lowest BCUT2D eigenvalue weighted by molar-refractivity contribution is -0.153. The molecule has 0 fully saturated rings. The third kappa shape index (κ3) is 3.32. The second kappa shape index (κ2) is 7.03. The van der Waals surface area contributed by atoms with Crippen molar-refractivity contribution in [3.8, 4) is 11.5 Å². The van der Waals surface area contributed by atoms with Gasteiger partial charge in [0.1, 0.15) is 23.4 Å². The van der Waals surface area contributed by atoms with E-state index in [4.69, 9.17) is 9.47 Å². The molecule has 1 unspecified atom stereocenters. The van der Waals surface area contributed by atoms with E-state index < -0.39 is 17.9 Å². The van der Waals surface area contributed by atoms with E-state index in [1.165, 1.54) is 4.90 Å². The molecular formula is C17H20N4O5. The van der Waals surface area contributed by atoms with E-state index in [0.29, 0.717) is 17.4 Å². The third-order valence-corrected chi connectivity index (χ3v) is 4.39. The van der Waals surface area contributed by atoms with Crippen LogP contribution >= 0.6 is 0 Å². The van der Waals surface area contributed by atoms with Gasteiger partial charge in [0.25, 0.3) is 5.91 Å². The van der Waals surface area contributed by atoms with Gasteiger partial charge < -0.3 is 24.0 Å². The molecule has 26 heavy (non-hydrogen) atoms. The summed E-state index contributed by atoms with van der Waals surface area (Å²) >= 11 is 0. The molecule has 1 aliphatic rings. The first-order valence-corrected chi connectivity index (χ1v) is 8.09. The number of fused-ring (bicyclic) bond motifs is 1. The molecule has 9 heteroatoms. The largest absolute Gasteiger partial charge is 0.496 e. The van der Waals surface area contributed by atoms with Crippen LogP contribution in [0.2, 0.25) is 0 Å². The van der Waals surface area contributed by atoms with Gasteiger partial charge in [-0.05, 0) is 37.6 Å². The molecule has 2 aromatic rings. The topological polar surface area (TPSA) is 107 Å². The van der Waals surface area contributed by atoms with Crippen molar-refractivity contribution in [2.75, 3.05) is 13.7 Å². The molecule has 0 saturated carbocycles. The number of methoxy groups -OCH3 is 1. The van der Waals surface area contributed by atoms with Crippen LogP contribution in [-0.2, 0) is 22.7 Å². The van der Waals surface area contributed by atoms with Crippen molar-refractivity contribution in [2.45, 2.75) is 33.0 Å². The van der Waals surface area contributed by atoms with Crippen molar-refractivity contribution in [3.63, 3.8) is 0 Å². The Morgan fingerprint density at radius 3 is 2.73 bits per heavy atom. The highest BCUT2D eigenvalue weighted by Gasteiger charge is 2.36. The summed E-state index contributed by atoms with van der Waals surface area (Å²) in [5, 5.41) is 17.4. The van der Waals surface area contributed by atoms with Gasteiger partial charge in [-0.15, -0.1) is 10.2 Å². The Kier molecular flexibility index (Phi) is 4.79. The second-order valence-corrected chi connectivity index (χ2v) is 6.07. The number of hydrogen-bond acceptors (Lipinski definition) is 6. The zero-order chi connectivity index (χ0) is 18.8. The number of aromatic nitrogens is 3. The molecule has 1 N–H and O–H groups in total. The highest BCUT2D eigenvalue weighted by atomic mass is 16.5. The van der Waals surface area contributed by atoms with Gasteiger partial charge >= 0.3 is 5.97 Å². The van der Waals surface area contributed by atoms with Crippen LogP contribution in [0, 0.1) is 13.8 Å². The summed E-state index contributed by atoms with van der Waals surface area (Å²) in [6.45, 7) is 3.57. The molecule has 1 amide bonds. The fourth-order valence-electron chi connectivity index (χ4n) is 2.96. The van der Waals surface area contributed by atoms with Crippen molar-refractivity contribution in [1.82, 2.24) is 19.7 Å². The van der Waals surface area contributed by atoms with Gasteiger partial charge in [0.2, 0.25) is 0 Å². The summed E-state index contributed by atoms with van der Waals surface area (Å²) < 4.78 is 12.4. The van der Waals surface area contributed by atoms with E-state index in [1.54, 1.807) is 36.8 Å². The van der Waals surface area contributed by atoms with Crippen LogP contribution in [0.3, 0.4) is 0 Å². The maximum Gasteiger partial charge on any atom is 0.328 e. The van der Waals surface area contributed by atoms with Gasteiger partial charge in [-0.1, -0.05) is 0 Å². The molecule has 1 aromatic carbocycles. The molecule has 138 valence electrons. The molecule has 0 bridgehead atoms. The maximum atomic E-state index is 12.6. The molecule has 3 rings (SSSR count). The Hall–Kier alpha value is -3.10. The van der Waals surface area contributed by atoms with E-state index >= 15 is 0 Å². The number of carbonyl (C=O) groups is 2. The summed E-state index contributed by atoms with van der Waals surface area (Å²) in [7, 11) is 1.58. The van der Waals surface area contributed by atoms with Crippen molar-refractivity contribution < 1.29 is 24.2 Å². The predicted molar refractivity (Wildman–Crippen MR) is 90.0 cm³/mol. The van der Waals surface area contributed by atoms with Crippen LogP contribution in [0.5, 0.6) is 11.5 Å². The fourth-order valence-corrected chi connectivity index (χ4v) is 2.96. The van der Waals surface area contributed by atoms with Gasteiger partial charge in [0.05, 0.1) is 20.2 Å². The number of aryl methyl sites for hydroxylation is 2. The molecule has 0 spiro atoms. The molecule has 1 aliphatic heterocycles. The second-order valence-electron chi connectivity index (χ2n) is 6.07. The highest BCUT2D eigenvalue weighted by molar-refractivity contribution is 5.84. The molecule has 9 nitrogen and oxygen atoms in total. The minimum Gasteiger partial charge on any atom is -0.496 e. The lowest BCUT2D eigenvalue weighted by Gasteiger charge is -2.33. The van der Waals surface area contributed by atoms with E-state index in [9.17, 15) is 14.7 Å². The third-order valence-electron chi connectivity index (χ3n) is 4.39. The average molecular weight is 360 g/mol. The zero-order valence-electron chi connectivity index (χ0n) is 14.8. The Morgan fingerprint density at radius 2 is 2.08 bits per heavy atom. The van der Waals surface area contributed by atoms with Crippen LogP contribution in [0.15, 0.2) is 18.2 Å². The van der Waals surface area contributed by atoms with Crippen LogP contribution in [-0.4, -0.2) is 56.4 Å². The standard InChI is InChI=1S/C17H20N4O5/c1-10-6-12(4-5-14(10)25-3)26-9-16(22)21-8-15-19-18-11(2)20(15)7-13(21)17(23)24/h4-6,13H,7-9H2,1-3H3,(H,23,24). The fraction of sp³-hybridized carbons (Fsp3) is 0.412. The van der Waals surface area contributed by atoms with E-state index in [-0.39, 0.29) is 19.7 Å². The van der Waals surface area contributed by atoms with Crippen LogP contribution < -0.4 is 9.47 Å². The lowest BCUT2D eigenvalue weighted by Crippen LogP contribution is -2.52. The molecule has 2 heterocycles. The average Bonchev–Trinajstić information content (AvgIpc) is 2.99. The molecule has 1 aromatic heterocycles. The summed E-state index contributed by atoms with van der Waals surface area (Å²) in [6.07, 6.45) is 0. The number of carboxylic acid groups (broad SMARTS) is 1. The molecule has 0 radical (unpaired) electrons. The van der Waals surface area contributed by atoms with Gasteiger partial charge in [0.15, 0.2) is 12.4 Å². The SMILES string of the molecule is COc1ccc(OCC(=O)N2Cc3nnc(C)n3CC2C(=O)O)cc1C. The summed E-state index contributed by atoms with van der Waals surface area (Å²) in [6, 6.07) is 4.23. The Morgan fingerprint density at radius 1 is 1.31 bits per heavy atom. The maximum absolute atomic E-state index is 12.6. The van der Waals surface area contributed by atoms with Crippen LogP contribution in [0.1, 0.15) is 17.2 Å². The first-order chi connectivity index (χ1) is 12.4. The Labute approximate surface area is 150 Å². The number of rotatable bonds is 5. The van der Waals surface area contributed by atoms with Crippen molar-refractivity contribution in [2.24, 2.45) is 0 Å². The predicted octanol–water partition coefficient (Wildman–Crippen LogP) is 0.778. The summed E-state index contributed by atoms with van der Waals surface area (Å²) in [4.78, 5) is 25.4. The zero-order valence-corrected chi connectivity index (χ0v) is 14.8. The van der Waals surface area contributed by atoms with Crippen molar-refractivity contribution >= 4 is 11.9 Å². The van der Waals surface area contributed by atoms with E-state index in [2.05, 4.69) is 10.2 Å². The van der Waals surface area contributed by atoms with Gasteiger partial charge in [0, 0.05) is 0 Å². The number of carbonyl (C=O) groups excluding carboxylic acids is 1. The number of carboxylic acids is 1. The monoisotopic (exact) mass is 360 g/mol. The molecule has 0 aliphatic carbocycles. The number of nitrogens with zero attached hydrogens (tertiary/aromatic N) is 4. The first-order valence-electron chi connectivity index (χ1n) is 8.09. The normalized spacial score (nSPS) is 16.1. The van der Waals surface area contributed by atoms with E-state index in [0.717, 1.165) is 11.3 Å². The number of benzene rings is 1. The minimum absolute atomic E-state index is 0.0850. The number of ether oxygens (including phenoxy) is 2. The molecule has 0 saturated heterocycles. The highest BCUT2D eigenvalue weighted by Crippen LogP contribution is 2.23. The number of hydrogen-bond donors (Lipinski definition) is 1. The van der Waals surface area contributed by atoms with Crippen LogP contribution in [0.25, 0.3) is 0 Å². The van der Waals surface area contributed by atoms with Gasteiger partial charge in [-0.2, -0.15) is 0 Å². The number of amides is 1. The van der Waals surface area contributed by atoms with Gasteiger partial charge in [-0.3, -0.25) is 4.79 Å². The molecular weight excluding hydrogens is 340 g/mol. The van der Waals surface area contributed by atoms with Crippen LogP contribution in [0.4, 0.5) is 0 Å². The molecule has 1 atom stereocenters. The Bertz CT molecular complexity index is 848. The van der Waals surface area contributed by atoms with Crippen molar-refractivity contribution in [1.29, 1.82) is 0 Å². The number of aliphatic carboxylic acids is 1. The van der Waals surface area contributed by atoms with Gasteiger partial charge in [-0.25, -0.2) is 4.79 Å². The van der Waals surface area contributed by atoms with Crippen molar-refractivity contribution in [3.05, 3.63) is 35.4 Å². The summed E-state index contributed by atoms with van der Waals surface area (Å²) in [5.74, 6) is 0.937. The lowest BCUT2D eigenvalue weighted by atomic mass is 10.2. The first kappa shape index (κ1) is 17.7. The van der Waals surface area contributed by atoms with E-state index in [1.807, 2.05) is 6.92 Å². The smallest absolute Gasteiger partial charge is 0.328 e. The Balaban J connectivity index is 1.72. The quantitative estimate of drug-likeness (QED) is 0.839. The summed E-state index contributed by atoms with van der Waals surface area (Å²) in [5.41, 5.74) is 0.877. The minimum atomic E-state index is -1.07.